The van der Waals surface area contributed by atoms with Gasteiger partial charge < -0.3 is 15.5 Å². The van der Waals surface area contributed by atoms with Crippen LogP contribution in [0.25, 0.3) is 0 Å². The highest BCUT2D eigenvalue weighted by atomic mass is 32.1. The van der Waals surface area contributed by atoms with E-state index in [-0.39, 0.29) is 18.5 Å². The second kappa shape index (κ2) is 9.46. The zero-order chi connectivity index (χ0) is 16.5. The van der Waals surface area contributed by atoms with Gasteiger partial charge in [-0.3, -0.25) is 4.79 Å². The number of hydrogen-bond donors (Lipinski definition) is 2. The zero-order valence-electron chi connectivity index (χ0n) is 14.3. The van der Waals surface area contributed by atoms with E-state index in [0.29, 0.717) is 5.96 Å². The van der Waals surface area contributed by atoms with Gasteiger partial charge in [0.2, 0.25) is 5.91 Å². The second-order valence-electron chi connectivity index (χ2n) is 5.64. The summed E-state index contributed by atoms with van der Waals surface area (Å²) in [7, 11) is 3.48. The van der Waals surface area contributed by atoms with E-state index < -0.39 is 0 Å². The monoisotopic (exact) mass is 324 g/mol. The molecule has 6 heteroatoms. The number of nitrogens with zero attached hydrogens (tertiary/aromatic N) is 2. The van der Waals surface area contributed by atoms with Gasteiger partial charge in [0.05, 0.1) is 0 Å². The second-order valence-corrected chi connectivity index (χ2v) is 7.01. The summed E-state index contributed by atoms with van der Waals surface area (Å²) < 4.78 is 0. The van der Waals surface area contributed by atoms with Gasteiger partial charge in [0, 0.05) is 42.9 Å². The molecule has 1 aromatic rings. The van der Waals surface area contributed by atoms with E-state index in [0.717, 1.165) is 19.4 Å². The van der Waals surface area contributed by atoms with E-state index in [1.165, 1.54) is 9.75 Å². The van der Waals surface area contributed by atoms with Gasteiger partial charge in [-0.2, -0.15) is 0 Å². The minimum atomic E-state index is -0.000803. The lowest BCUT2D eigenvalue weighted by molar-refractivity contribution is -0.127. The fraction of sp³-hybridized carbons (Fsp3) is 0.625. The van der Waals surface area contributed by atoms with Gasteiger partial charge in [0.15, 0.2) is 5.96 Å². The van der Waals surface area contributed by atoms with Crippen LogP contribution in [0.3, 0.4) is 0 Å². The van der Waals surface area contributed by atoms with E-state index in [9.17, 15) is 4.79 Å². The molecular weight excluding hydrogens is 296 g/mol. The summed E-state index contributed by atoms with van der Waals surface area (Å²) in [5.41, 5.74) is 0. The molecule has 0 aliphatic heterocycles. The van der Waals surface area contributed by atoms with Crippen LogP contribution in [0.4, 0.5) is 0 Å². The summed E-state index contributed by atoms with van der Waals surface area (Å²) in [6.07, 6.45) is 1.97. The number of aryl methyl sites for hydroxylation is 1. The molecule has 1 atom stereocenters. The third-order valence-electron chi connectivity index (χ3n) is 3.10. The lowest BCUT2D eigenvalue weighted by Gasteiger charge is -2.18. The van der Waals surface area contributed by atoms with Gasteiger partial charge in [0.25, 0.3) is 0 Å². The van der Waals surface area contributed by atoms with Gasteiger partial charge in [-0.15, -0.1) is 11.3 Å². The number of carbonyl (C=O) groups excluding carboxylic acids is 1. The normalized spacial score (nSPS) is 12.9. The predicted octanol–water partition coefficient (Wildman–Crippen LogP) is 2.02. The van der Waals surface area contributed by atoms with E-state index in [4.69, 9.17) is 0 Å². The van der Waals surface area contributed by atoms with Crippen molar-refractivity contribution in [3.05, 3.63) is 21.9 Å². The van der Waals surface area contributed by atoms with E-state index >= 15 is 0 Å². The van der Waals surface area contributed by atoms with Crippen molar-refractivity contribution >= 4 is 23.2 Å². The van der Waals surface area contributed by atoms with E-state index in [1.54, 1.807) is 19.0 Å². The van der Waals surface area contributed by atoms with Crippen LogP contribution in [0, 0.1) is 6.92 Å². The molecular formula is C16H28N4OS. The fourth-order valence-corrected chi connectivity index (χ4v) is 2.88. The van der Waals surface area contributed by atoms with Crippen molar-refractivity contribution < 1.29 is 4.79 Å². The molecule has 1 amide bonds. The molecule has 0 spiro atoms. The molecule has 0 saturated carbocycles. The number of nitrogens with one attached hydrogen (secondary N) is 2. The number of hydrogen-bond acceptors (Lipinski definition) is 3. The van der Waals surface area contributed by atoms with E-state index in [2.05, 4.69) is 48.5 Å². The summed E-state index contributed by atoms with van der Waals surface area (Å²) in [5.74, 6) is 0.706. The zero-order valence-corrected chi connectivity index (χ0v) is 15.1. The molecule has 0 aromatic carbocycles. The lowest BCUT2D eigenvalue weighted by Crippen LogP contribution is -2.44. The Bertz CT molecular complexity index is 496. The van der Waals surface area contributed by atoms with Gasteiger partial charge in [0.1, 0.15) is 6.54 Å². The number of amides is 1. The third-order valence-corrected chi connectivity index (χ3v) is 4.12. The first-order valence-electron chi connectivity index (χ1n) is 7.72. The molecule has 2 N–H and O–H groups in total. The van der Waals surface area contributed by atoms with Crippen LogP contribution >= 0.6 is 11.3 Å². The smallest absolute Gasteiger partial charge is 0.243 e. The van der Waals surface area contributed by atoms with Crippen molar-refractivity contribution in [2.45, 2.75) is 39.7 Å². The van der Waals surface area contributed by atoms with Crippen LogP contribution in [0.15, 0.2) is 17.1 Å². The van der Waals surface area contributed by atoms with Crippen LogP contribution in [-0.4, -0.2) is 50.0 Å². The SMILES string of the molecule is CCCNC(=NCC(=O)N(C)C)NC(C)Cc1ccc(C)s1. The average Bonchev–Trinajstić information content (AvgIpc) is 2.86. The average molecular weight is 324 g/mol. The number of thiophene rings is 1. The first kappa shape index (κ1) is 18.5. The minimum Gasteiger partial charge on any atom is -0.356 e. The molecule has 1 rings (SSSR count). The van der Waals surface area contributed by atoms with Crippen LogP contribution in [0.5, 0.6) is 0 Å². The maximum atomic E-state index is 11.7. The summed E-state index contributed by atoms with van der Waals surface area (Å²) in [4.78, 5) is 20.3. The predicted molar refractivity (Wildman–Crippen MR) is 94.6 cm³/mol. The van der Waals surface area contributed by atoms with Gasteiger partial charge in [-0.1, -0.05) is 6.92 Å². The Morgan fingerprint density at radius 2 is 2.14 bits per heavy atom. The highest BCUT2D eigenvalue weighted by Crippen LogP contribution is 2.16. The summed E-state index contributed by atoms with van der Waals surface area (Å²) >= 11 is 1.82. The summed E-state index contributed by atoms with van der Waals surface area (Å²) in [6, 6.07) is 4.58. The Morgan fingerprint density at radius 1 is 1.41 bits per heavy atom. The molecule has 0 fully saturated rings. The minimum absolute atomic E-state index is 0.000803. The first-order valence-corrected chi connectivity index (χ1v) is 8.54. The van der Waals surface area contributed by atoms with Crippen LogP contribution in [0.1, 0.15) is 30.0 Å². The number of rotatable bonds is 7. The van der Waals surface area contributed by atoms with E-state index in [1.807, 2.05) is 11.3 Å². The Morgan fingerprint density at radius 3 is 2.68 bits per heavy atom. The molecule has 1 unspecified atom stereocenters. The molecule has 22 heavy (non-hydrogen) atoms. The van der Waals surface area contributed by atoms with Crippen LogP contribution in [-0.2, 0) is 11.2 Å². The van der Waals surface area contributed by atoms with Gasteiger partial charge in [-0.25, -0.2) is 4.99 Å². The number of carbonyl (C=O) groups is 1. The van der Waals surface area contributed by atoms with Crippen LogP contribution < -0.4 is 10.6 Å². The summed E-state index contributed by atoms with van der Waals surface area (Å²) in [5, 5.41) is 6.64. The summed E-state index contributed by atoms with van der Waals surface area (Å²) in [6.45, 7) is 7.36. The molecule has 0 bridgehead atoms. The van der Waals surface area contributed by atoms with Crippen molar-refractivity contribution in [1.29, 1.82) is 0 Å². The van der Waals surface area contributed by atoms with Crippen LogP contribution in [0.2, 0.25) is 0 Å². The maximum Gasteiger partial charge on any atom is 0.243 e. The quantitative estimate of drug-likeness (QED) is 0.596. The Labute approximate surface area is 137 Å². The third kappa shape index (κ3) is 6.93. The van der Waals surface area contributed by atoms with Gasteiger partial charge in [-0.05, 0) is 32.4 Å². The van der Waals surface area contributed by atoms with Crippen molar-refractivity contribution in [3.63, 3.8) is 0 Å². The molecule has 1 heterocycles. The molecule has 0 aliphatic rings. The number of guanidine groups is 1. The molecule has 0 radical (unpaired) electrons. The Kier molecular flexibility index (Phi) is 7.95. The van der Waals surface area contributed by atoms with Gasteiger partial charge >= 0.3 is 0 Å². The highest BCUT2D eigenvalue weighted by Gasteiger charge is 2.09. The highest BCUT2D eigenvalue weighted by molar-refractivity contribution is 7.11. The fourth-order valence-electron chi connectivity index (χ4n) is 1.87. The molecule has 1 aromatic heterocycles. The number of likely N-dealkylation sites (N-methyl/N-ethyl adjacent to an activating group) is 1. The molecule has 0 saturated heterocycles. The topological polar surface area (TPSA) is 56.7 Å². The van der Waals surface area contributed by atoms with Crippen molar-refractivity contribution in [2.75, 3.05) is 27.2 Å². The molecule has 5 nitrogen and oxygen atoms in total. The number of aliphatic imine (C=N–C) groups is 1. The van der Waals surface area contributed by atoms with Crippen molar-refractivity contribution in [2.24, 2.45) is 4.99 Å². The Hall–Kier alpha value is -1.56. The maximum absolute atomic E-state index is 11.7. The Balaban J connectivity index is 2.58. The molecule has 124 valence electrons. The van der Waals surface area contributed by atoms with Crippen molar-refractivity contribution in [1.82, 2.24) is 15.5 Å². The molecule has 0 aliphatic carbocycles. The lowest BCUT2D eigenvalue weighted by atomic mass is 10.2. The largest absolute Gasteiger partial charge is 0.356 e. The van der Waals surface area contributed by atoms with Crippen molar-refractivity contribution in [3.8, 4) is 0 Å². The first-order chi connectivity index (χ1) is 10.4. The standard InChI is InChI=1S/C16H28N4OS/c1-6-9-17-16(18-11-15(21)20(4)5)19-12(2)10-14-8-7-13(3)22-14/h7-8,12H,6,9-11H2,1-5H3,(H2,17,18,19).